The fourth-order valence-electron chi connectivity index (χ4n) is 2.29. The van der Waals surface area contributed by atoms with Crippen LogP contribution in [0.4, 0.5) is 0 Å². The number of benzene rings is 1. The van der Waals surface area contributed by atoms with E-state index < -0.39 is 5.56 Å². The van der Waals surface area contributed by atoms with E-state index in [9.17, 15) is 9.59 Å². The molecule has 0 unspecified atom stereocenters. The molecule has 0 spiro atoms. The number of ether oxygens (including phenoxy) is 1. The largest absolute Gasteiger partial charge is 0.493 e. The molecule has 0 saturated heterocycles. The number of nitrogens with one attached hydrogen (secondary N) is 1. The Bertz CT molecular complexity index is 764. The van der Waals surface area contributed by atoms with E-state index >= 15 is 0 Å². The summed E-state index contributed by atoms with van der Waals surface area (Å²) in [5, 5.41) is 0. The molecule has 0 saturated carbocycles. The lowest BCUT2D eigenvalue weighted by molar-refractivity contribution is 0.357. The van der Waals surface area contributed by atoms with Gasteiger partial charge in [-0.3, -0.25) is 14.3 Å². The maximum absolute atomic E-state index is 11.7. The van der Waals surface area contributed by atoms with Crippen LogP contribution in [0.15, 0.2) is 38.5 Å². The van der Waals surface area contributed by atoms with Gasteiger partial charge in [-0.05, 0) is 39.5 Å². The van der Waals surface area contributed by atoms with Gasteiger partial charge < -0.3 is 4.74 Å². The summed E-state index contributed by atoms with van der Waals surface area (Å²) in [6.07, 6.45) is 3.19. The predicted octanol–water partition coefficient (Wildman–Crippen LogP) is 1.48. The third-order valence-corrected chi connectivity index (χ3v) is 3.93. The monoisotopic (exact) mass is 336 g/mol. The van der Waals surface area contributed by atoms with E-state index in [0.717, 1.165) is 30.8 Å². The Morgan fingerprint density at radius 2 is 2.20 bits per heavy atom. The highest BCUT2D eigenvalue weighted by molar-refractivity contribution is 9.10. The van der Waals surface area contributed by atoms with Crippen molar-refractivity contribution < 1.29 is 4.74 Å². The highest BCUT2D eigenvalue weighted by Crippen LogP contribution is 2.26. The van der Waals surface area contributed by atoms with Gasteiger partial charge in [-0.2, -0.15) is 0 Å². The Labute approximate surface area is 123 Å². The van der Waals surface area contributed by atoms with Crippen LogP contribution in [0.5, 0.6) is 5.75 Å². The first-order valence-electron chi connectivity index (χ1n) is 6.37. The van der Waals surface area contributed by atoms with E-state index in [4.69, 9.17) is 4.74 Å². The molecule has 2 heterocycles. The fourth-order valence-corrected chi connectivity index (χ4v) is 2.64. The SMILES string of the molecule is O=c1[nH]c(=O)n(CCc2ccc3c(c2)CCO3)cc1Br. The fraction of sp³-hybridized carbons (Fsp3) is 0.286. The Kier molecular flexibility index (Phi) is 3.48. The number of aryl methyl sites for hydroxylation is 2. The number of rotatable bonds is 3. The quantitative estimate of drug-likeness (QED) is 0.923. The smallest absolute Gasteiger partial charge is 0.328 e. The highest BCUT2D eigenvalue weighted by atomic mass is 79.9. The Morgan fingerprint density at radius 3 is 3.05 bits per heavy atom. The maximum atomic E-state index is 11.7. The number of nitrogens with zero attached hydrogens (tertiary/aromatic N) is 1. The number of halogens is 1. The Morgan fingerprint density at radius 1 is 1.35 bits per heavy atom. The first-order chi connectivity index (χ1) is 9.63. The lowest BCUT2D eigenvalue weighted by Gasteiger charge is -2.07. The Hall–Kier alpha value is -1.82. The van der Waals surface area contributed by atoms with Crippen molar-refractivity contribution in [1.82, 2.24) is 9.55 Å². The van der Waals surface area contributed by atoms with Crippen molar-refractivity contribution in [2.24, 2.45) is 0 Å². The number of hydrogen-bond donors (Lipinski definition) is 1. The molecule has 0 fully saturated rings. The van der Waals surface area contributed by atoms with Gasteiger partial charge in [0.15, 0.2) is 0 Å². The topological polar surface area (TPSA) is 64.1 Å². The van der Waals surface area contributed by atoms with E-state index in [-0.39, 0.29) is 5.69 Å². The van der Waals surface area contributed by atoms with Gasteiger partial charge in [0.25, 0.3) is 5.56 Å². The third kappa shape index (κ3) is 2.56. The van der Waals surface area contributed by atoms with E-state index in [1.807, 2.05) is 12.1 Å². The van der Waals surface area contributed by atoms with Gasteiger partial charge in [0.2, 0.25) is 0 Å². The zero-order valence-corrected chi connectivity index (χ0v) is 12.3. The number of fused-ring (bicyclic) bond motifs is 1. The summed E-state index contributed by atoms with van der Waals surface area (Å²) in [4.78, 5) is 25.2. The van der Waals surface area contributed by atoms with Crippen molar-refractivity contribution in [3.05, 3.63) is 60.8 Å². The molecule has 1 aromatic heterocycles. The molecule has 1 aromatic carbocycles. The van der Waals surface area contributed by atoms with Crippen LogP contribution < -0.4 is 16.0 Å². The maximum Gasteiger partial charge on any atom is 0.328 e. The minimum absolute atomic E-state index is 0.361. The molecule has 1 aliphatic heterocycles. The summed E-state index contributed by atoms with van der Waals surface area (Å²) >= 11 is 3.13. The summed E-state index contributed by atoms with van der Waals surface area (Å²) in [5.74, 6) is 0.956. The number of H-pyrrole nitrogens is 1. The molecule has 20 heavy (non-hydrogen) atoms. The van der Waals surface area contributed by atoms with Crippen LogP contribution in [-0.2, 0) is 19.4 Å². The molecule has 0 amide bonds. The predicted molar refractivity (Wildman–Crippen MR) is 78.4 cm³/mol. The molecule has 0 bridgehead atoms. The normalized spacial score (nSPS) is 13.1. The van der Waals surface area contributed by atoms with Gasteiger partial charge in [0.1, 0.15) is 5.75 Å². The molecule has 1 aliphatic rings. The third-order valence-electron chi connectivity index (χ3n) is 3.36. The summed E-state index contributed by atoms with van der Waals surface area (Å²) in [6.45, 7) is 1.26. The number of hydrogen-bond acceptors (Lipinski definition) is 3. The van der Waals surface area contributed by atoms with Crippen LogP contribution in [-0.4, -0.2) is 16.2 Å². The lowest BCUT2D eigenvalue weighted by atomic mass is 10.1. The van der Waals surface area contributed by atoms with E-state index in [1.54, 1.807) is 0 Å². The van der Waals surface area contributed by atoms with Gasteiger partial charge in [-0.25, -0.2) is 4.79 Å². The summed E-state index contributed by atoms with van der Waals surface area (Å²) in [5.41, 5.74) is 1.59. The number of aromatic amines is 1. The minimum Gasteiger partial charge on any atom is -0.493 e. The van der Waals surface area contributed by atoms with E-state index in [0.29, 0.717) is 11.0 Å². The van der Waals surface area contributed by atoms with Crippen LogP contribution in [0.25, 0.3) is 0 Å². The molecule has 0 atom stereocenters. The van der Waals surface area contributed by atoms with Crippen LogP contribution in [0.3, 0.4) is 0 Å². The van der Waals surface area contributed by atoms with Crippen molar-refractivity contribution in [3.8, 4) is 5.75 Å². The van der Waals surface area contributed by atoms with Crippen LogP contribution >= 0.6 is 15.9 Å². The van der Waals surface area contributed by atoms with Crippen molar-refractivity contribution in [1.29, 1.82) is 0 Å². The summed E-state index contributed by atoms with van der Waals surface area (Å²) < 4.78 is 7.32. The molecule has 3 rings (SSSR count). The molecule has 6 heteroatoms. The first kappa shape index (κ1) is 13.2. The second-order valence-electron chi connectivity index (χ2n) is 4.72. The van der Waals surface area contributed by atoms with Gasteiger partial charge >= 0.3 is 5.69 Å². The van der Waals surface area contributed by atoms with Crippen molar-refractivity contribution >= 4 is 15.9 Å². The molecule has 0 radical (unpaired) electrons. The van der Waals surface area contributed by atoms with Crippen LogP contribution in [0.1, 0.15) is 11.1 Å². The second-order valence-corrected chi connectivity index (χ2v) is 5.57. The molecule has 0 aliphatic carbocycles. The molecular formula is C14H13BrN2O3. The van der Waals surface area contributed by atoms with Crippen molar-refractivity contribution in [2.75, 3.05) is 6.61 Å². The van der Waals surface area contributed by atoms with Gasteiger partial charge in [0, 0.05) is 19.2 Å². The average Bonchev–Trinajstić information content (AvgIpc) is 2.89. The lowest BCUT2D eigenvalue weighted by Crippen LogP contribution is -2.30. The van der Waals surface area contributed by atoms with E-state index in [2.05, 4.69) is 27.0 Å². The molecule has 1 N–H and O–H groups in total. The van der Waals surface area contributed by atoms with Gasteiger partial charge in [-0.1, -0.05) is 12.1 Å². The number of aromatic nitrogens is 2. The molecule has 5 nitrogen and oxygen atoms in total. The van der Waals surface area contributed by atoms with E-state index in [1.165, 1.54) is 16.3 Å². The zero-order valence-electron chi connectivity index (χ0n) is 10.7. The van der Waals surface area contributed by atoms with Crippen molar-refractivity contribution in [3.63, 3.8) is 0 Å². The summed E-state index contributed by atoms with van der Waals surface area (Å²) in [6, 6.07) is 6.10. The van der Waals surface area contributed by atoms with Gasteiger partial charge in [-0.15, -0.1) is 0 Å². The van der Waals surface area contributed by atoms with Crippen molar-refractivity contribution in [2.45, 2.75) is 19.4 Å². The highest BCUT2D eigenvalue weighted by Gasteiger charge is 2.12. The minimum atomic E-state index is -0.402. The Balaban J connectivity index is 1.78. The molecule has 104 valence electrons. The zero-order chi connectivity index (χ0) is 14.1. The first-order valence-corrected chi connectivity index (χ1v) is 7.16. The molecular weight excluding hydrogens is 324 g/mol. The van der Waals surface area contributed by atoms with Gasteiger partial charge in [0.05, 0.1) is 11.1 Å². The van der Waals surface area contributed by atoms with Crippen LogP contribution in [0.2, 0.25) is 0 Å². The summed E-state index contributed by atoms with van der Waals surface area (Å²) in [7, 11) is 0. The average molecular weight is 337 g/mol. The second kappa shape index (κ2) is 5.28. The standard InChI is InChI=1S/C14H13BrN2O3/c15-11-8-17(14(19)16-13(11)18)5-3-9-1-2-12-10(7-9)4-6-20-12/h1-2,7-8H,3-6H2,(H,16,18,19). The molecule has 2 aromatic rings. The van der Waals surface area contributed by atoms with Crippen LogP contribution in [0, 0.1) is 0 Å².